The van der Waals surface area contributed by atoms with Gasteiger partial charge in [-0.05, 0) is 36.1 Å². The van der Waals surface area contributed by atoms with Crippen LogP contribution in [0.25, 0.3) is 11.1 Å². The second kappa shape index (κ2) is 5.79. The molecule has 0 bridgehead atoms. The third kappa shape index (κ3) is 2.56. The van der Waals surface area contributed by atoms with E-state index < -0.39 is 23.6 Å². The number of aliphatic carboxylic acids is 1. The van der Waals surface area contributed by atoms with E-state index in [1.165, 1.54) is 12.1 Å². The van der Waals surface area contributed by atoms with Crippen molar-refractivity contribution in [3.63, 3.8) is 0 Å². The lowest BCUT2D eigenvalue weighted by molar-refractivity contribution is -0.164. The molecule has 2 rings (SSSR count). The Morgan fingerprint density at radius 1 is 1.14 bits per heavy atom. The van der Waals surface area contributed by atoms with Crippen molar-refractivity contribution in [3.05, 3.63) is 53.3 Å². The summed E-state index contributed by atoms with van der Waals surface area (Å²) >= 11 is 0. The first-order valence-corrected chi connectivity index (χ1v) is 6.51. The molecule has 0 spiro atoms. The number of rotatable bonds is 4. The van der Waals surface area contributed by atoms with E-state index in [9.17, 15) is 18.0 Å². The molecule has 0 aliphatic rings. The molecule has 0 fully saturated rings. The summed E-state index contributed by atoms with van der Waals surface area (Å²) in [7, 11) is 0. The van der Waals surface area contributed by atoms with Crippen LogP contribution in [-0.2, 0) is 10.5 Å². The number of nitrogens with zero attached hydrogens (tertiary/aromatic N) is 1. The van der Waals surface area contributed by atoms with E-state index in [1.807, 2.05) is 13.8 Å². The Hall–Kier alpha value is -2.37. The summed E-state index contributed by atoms with van der Waals surface area (Å²) in [5.41, 5.74) is -0.983. The molecule has 0 aliphatic heterocycles. The average molecular weight is 309 g/mol. The largest absolute Gasteiger partial charge is 0.478 e. The predicted octanol–water partition coefficient (Wildman–Crippen LogP) is 3.88. The molecule has 2 aromatic rings. The van der Waals surface area contributed by atoms with Gasteiger partial charge < -0.3 is 5.11 Å². The summed E-state index contributed by atoms with van der Waals surface area (Å²) in [5, 5.41) is 8.77. The van der Waals surface area contributed by atoms with E-state index in [4.69, 9.17) is 5.11 Å². The van der Waals surface area contributed by atoms with Gasteiger partial charge in [0.2, 0.25) is 0 Å². The number of halogens is 3. The van der Waals surface area contributed by atoms with Crippen LogP contribution in [0.4, 0.5) is 13.2 Å². The van der Waals surface area contributed by atoms with Crippen LogP contribution in [-0.4, -0.2) is 22.5 Å². The Labute approximate surface area is 125 Å². The Balaban J connectivity index is 2.49. The SMILES string of the molecule is Cc1cncc(C)c1-c1ccc(C(F)(C(=O)O)C(F)F)cc1. The first kappa shape index (κ1) is 16.0. The Bertz CT molecular complexity index is 681. The van der Waals surface area contributed by atoms with Crippen LogP contribution >= 0.6 is 0 Å². The fourth-order valence-corrected chi connectivity index (χ4v) is 2.38. The van der Waals surface area contributed by atoms with Crippen molar-refractivity contribution in [1.29, 1.82) is 0 Å². The molecular weight excluding hydrogens is 295 g/mol. The van der Waals surface area contributed by atoms with Gasteiger partial charge in [0.05, 0.1) is 0 Å². The van der Waals surface area contributed by atoms with Gasteiger partial charge in [-0.25, -0.2) is 18.0 Å². The summed E-state index contributed by atoms with van der Waals surface area (Å²) < 4.78 is 39.7. The lowest BCUT2D eigenvalue weighted by Crippen LogP contribution is -2.38. The molecule has 0 radical (unpaired) electrons. The third-order valence-electron chi connectivity index (χ3n) is 3.53. The van der Waals surface area contributed by atoms with E-state index in [-0.39, 0.29) is 0 Å². The van der Waals surface area contributed by atoms with Gasteiger partial charge in [0.1, 0.15) is 0 Å². The van der Waals surface area contributed by atoms with Crippen molar-refractivity contribution < 1.29 is 23.1 Å². The summed E-state index contributed by atoms with van der Waals surface area (Å²) in [5.74, 6) is -2.20. The van der Waals surface area contributed by atoms with Crippen molar-refractivity contribution in [2.75, 3.05) is 0 Å². The zero-order valence-corrected chi connectivity index (χ0v) is 12.0. The highest BCUT2D eigenvalue weighted by Crippen LogP contribution is 2.35. The van der Waals surface area contributed by atoms with E-state index in [1.54, 1.807) is 12.4 Å². The van der Waals surface area contributed by atoms with Crippen molar-refractivity contribution in [1.82, 2.24) is 4.98 Å². The Kier molecular flexibility index (Phi) is 4.21. The lowest BCUT2D eigenvalue weighted by atomic mass is 9.92. The lowest BCUT2D eigenvalue weighted by Gasteiger charge is -2.20. The monoisotopic (exact) mass is 309 g/mol. The van der Waals surface area contributed by atoms with Crippen LogP contribution in [0.1, 0.15) is 16.7 Å². The van der Waals surface area contributed by atoms with Crippen molar-refractivity contribution in [3.8, 4) is 11.1 Å². The number of carboxylic acid groups (broad SMARTS) is 1. The molecule has 0 saturated heterocycles. The van der Waals surface area contributed by atoms with E-state index in [0.717, 1.165) is 28.8 Å². The molecule has 116 valence electrons. The molecule has 6 heteroatoms. The Morgan fingerprint density at radius 2 is 1.64 bits per heavy atom. The number of benzene rings is 1. The summed E-state index contributed by atoms with van der Waals surface area (Å²) in [6, 6.07) is 5.03. The van der Waals surface area contributed by atoms with E-state index in [2.05, 4.69) is 4.98 Å². The van der Waals surface area contributed by atoms with Crippen molar-refractivity contribution >= 4 is 5.97 Å². The Morgan fingerprint density at radius 3 is 2.05 bits per heavy atom. The highest BCUT2D eigenvalue weighted by molar-refractivity contribution is 5.80. The zero-order valence-electron chi connectivity index (χ0n) is 12.0. The molecule has 0 saturated carbocycles. The first-order valence-electron chi connectivity index (χ1n) is 6.51. The maximum absolute atomic E-state index is 14.1. The number of pyridine rings is 1. The van der Waals surface area contributed by atoms with Gasteiger partial charge >= 0.3 is 5.97 Å². The van der Waals surface area contributed by atoms with Gasteiger partial charge in [0.25, 0.3) is 12.1 Å². The maximum atomic E-state index is 14.1. The molecule has 0 amide bonds. The quantitative estimate of drug-likeness (QED) is 0.932. The normalized spacial score (nSPS) is 13.9. The van der Waals surface area contributed by atoms with Crippen LogP contribution in [0.3, 0.4) is 0 Å². The van der Waals surface area contributed by atoms with Gasteiger partial charge in [-0.3, -0.25) is 4.98 Å². The van der Waals surface area contributed by atoms with Gasteiger partial charge in [-0.2, -0.15) is 0 Å². The fraction of sp³-hybridized carbons (Fsp3) is 0.250. The van der Waals surface area contributed by atoms with Crippen LogP contribution in [0.2, 0.25) is 0 Å². The maximum Gasteiger partial charge on any atom is 0.352 e. The number of carboxylic acids is 1. The number of alkyl halides is 3. The molecular formula is C16H14F3NO2. The predicted molar refractivity (Wildman–Crippen MR) is 75.6 cm³/mol. The molecule has 3 nitrogen and oxygen atoms in total. The minimum absolute atomic E-state index is 0.580. The fourth-order valence-electron chi connectivity index (χ4n) is 2.38. The minimum atomic E-state index is -3.71. The highest BCUT2D eigenvalue weighted by Gasteiger charge is 2.50. The number of aryl methyl sites for hydroxylation is 2. The molecule has 1 aromatic heterocycles. The molecule has 22 heavy (non-hydrogen) atoms. The number of aromatic nitrogens is 1. The minimum Gasteiger partial charge on any atom is -0.478 e. The van der Waals surface area contributed by atoms with Crippen molar-refractivity contribution in [2.24, 2.45) is 0 Å². The summed E-state index contributed by atoms with van der Waals surface area (Å²) in [6.07, 6.45) is -0.335. The van der Waals surface area contributed by atoms with Gasteiger partial charge in [-0.1, -0.05) is 24.3 Å². The zero-order chi connectivity index (χ0) is 16.5. The first-order chi connectivity index (χ1) is 10.3. The van der Waals surface area contributed by atoms with Gasteiger partial charge in [0.15, 0.2) is 0 Å². The standard InChI is InChI=1S/C16H14F3NO2/c1-9-7-20-8-10(2)13(9)11-3-5-12(6-4-11)16(19,14(17)18)15(21)22/h3-8,14H,1-2H3,(H,21,22). The highest BCUT2D eigenvalue weighted by atomic mass is 19.3. The van der Waals surface area contributed by atoms with Crippen LogP contribution < -0.4 is 0 Å². The topological polar surface area (TPSA) is 50.2 Å². The van der Waals surface area contributed by atoms with E-state index in [0.29, 0.717) is 5.56 Å². The third-order valence-corrected chi connectivity index (χ3v) is 3.53. The number of carbonyl (C=O) groups is 1. The van der Waals surface area contributed by atoms with Crippen LogP contribution in [0, 0.1) is 13.8 Å². The molecule has 1 heterocycles. The van der Waals surface area contributed by atoms with Crippen LogP contribution in [0.15, 0.2) is 36.7 Å². The molecule has 0 aliphatic carbocycles. The van der Waals surface area contributed by atoms with Crippen molar-refractivity contribution in [2.45, 2.75) is 25.9 Å². The second-order valence-corrected chi connectivity index (χ2v) is 5.04. The second-order valence-electron chi connectivity index (χ2n) is 5.04. The van der Waals surface area contributed by atoms with E-state index >= 15 is 0 Å². The number of hydrogen-bond acceptors (Lipinski definition) is 2. The smallest absolute Gasteiger partial charge is 0.352 e. The van der Waals surface area contributed by atoms with Gasteiger partial charge in [-0.15, -0.1) is 0 Å². The van der Waals surface area contributed by atoms with Crippen LogP contribution in [0.5, 0.6) is 0 Å². The molecule has 1 unspecified atom stereocenters. The average Bonchev–Trinajstić information content (AvgIpc) is 2.46. The molecule has 1 atom stereocenters. The summed E-state index contributed by atoms with van der Waals surface area (Å²) in [4.78, 5) is 14.9. The molecule has 1 N–H and O–H groups in total. The number of hydrogen-bond donors (Lipinski definition) is 1. The molecule has 1 aromatic carbocycles. The summed E-state index contributed by atoms with van der Waals surface area (Å²) in [6.45, 7) is 3.69. The van der Waals surface area contributed by atoms with Gasteiger partial charge in [0, 0.05) is 18.0 Å².